The lowest BCUT2D eigenvalue weighted by atomic mass is 10.1. The van der Waals surface area contributed by atoms with E-state index in [0.29, 0.717) is 11.6 Å². The summed E-state index contributed by atoms with van der Waals surface area (Å²) in [4.78, 5) is 10.1. The van der Waals surface area contributed by atoms with Crippen molar-refractivity contribution in [3.05, 3.63) is 51.8 Å². The number of benzene rings is 1. The zero-order valence-electron chi connectivity index (χ0n) is 10.8. The highest BCUT2D eigenvalue weighted by molar-refractivity contribution is 9.10. The summed E-state index contributed by atoms with van der Waals surface area (Å²) < 4.78 is 0.991. The third-order valence-electron chi connectivity index (χ3n) is 3.05. The predicted molar refractivity (Wildman–Crippen MR) is 87.6 cm³/mol. The Morgan fingerprint density at radius 2 is 1.85 bits per heavy atom. The van der Waals surface area contributed by atoms with Crippen molar-refractivity contribution in [1.82, 2.24) is 9.97 Å². The van der Waals surface area contributed by atoms with Gasteiger partial charge in [-0.2, -0.15) is 0 Å². The highest BCUT2D eigenvalue weighted by Gasteiger charge is 2.14. The van der Waals surface area contributed by atoms with Gasteiger partial charge in [-0.3, -0.25) is 0 Å². The summed E-state index contributed by atoms with van der Waals surface area (Å²) in [6.07, 6.45) is 0. The van der Waals surface area contributed by atoms with Gasteiger partial charge in [0.05, 0.1) is 10.6 Å². The van der Waals surface area contributed by atoms with Gasteiger partial charge in [-0.15, -0.1) is 11.3 Å². The van der Waals surface area contributed by atoms with E-state index in [2.05, 4.69) is 20.9 Å². The molecule has 0 unspecified atom stereocenters. The number of nitrogens with zero attached hydrogens (tertiary/aromatic N) is 2. The van der Waals surface area contributed by atoms with Gasteiger partial charge in [0.2, 0.25) is 0 Å². The van der Waals surface area contributed by atoms with Crippen LogP contribution in [0.25, 0.3) is 22.0 Å². The second-order valence-corrected chi connectivity index (χ2v) is 6.14. The maximum Gasteiger partial charge on any atom is 0.173 e. The third kappa shape index (κ3) is 2.34. The molecule has 5 heteroatoms. The summed E-state index contributed by atoms with van der Waals surface area (Å²) in [6.45, 7) is 1.95. The third-order valence-corrected chi connectivity index (χ3v) is 4.88. The Bertz CT molecular complexity index is 753. The lowest BCUT2D eigenvalue weighted by Gasteiger charge is -2.09. The number of hydrogen-bond acceptors (Lipinski definition) is 4. The molecule has 0 aliphatic carbocycles. The summed E-state index contributed by atoms with van der Waals surface area (Å²) in [5.74, 6) is 1.18. The Labute approximate surface area is 129 Å². The van der Waals surface area contributed by atoms with Crippen LogP contribution in [0.15, 0.2) is 46.3 Å². The second-order valence-electron chi connectivity index (χ2n) is 4.37. The average molecular weight is 346 g/mol. The van der Waals surface area contributed by atoms with Crippen LogP contribution in [-0.2, 0) is 0 Å². The molecule has 100 valence electrons. The first-order valence-electron chi connectivity index (χ1n) is 6.09. The van der Waals surface area contributed by atoms with E-state index < -0.39 is 0 Å². The molecule has 0 saturated carbocycles. The standard InChI is InChI=1S/C15H12BrN3S/c1-9-12(10-5-3-2-4-6-10)18-15(19-14(9)17)13-11(16)7-8-20-13/h2-8H,1H3,(H2,17,18,19). The fourth-order valence-electron chi connectivity index (χ4n) is 1.97. The van der Waals surface area contributed by atoms with Crippen LogP contribution < -0.4 is 5.73 Å². The number of hydrogen-bond donors (Lipinski definition) is 1. The van der Waals surface area contributed by atoms with E-state index in [1.807, 2.05) is 48.7 Å². The molecule has 3 rings (SSSR count). The zero-order valence-corrected chi connectivity index (χ0v) is 13.2. The van der Waals surface area contributed by atoms with Crippen molar-refractivity contribution in [2.75, 3.05) is 5.73 Å². The van der Waals surface area contributed by atoms with Crippen molar-refractivity contribution in [3.63, 3.8) is 0 Å². The van der Waals surface area contributed by atoms with E-state index in [4.69, 9.17) is 10.7 Å². The minimum absolute atomic E-state index is 0.522. The molecule has 0 saturated heterocycles. The van der Waals surface area contributed by atoms with E-state index in [-0.39, 0.29) is 0 Å². The Morgan fingerprint density at radius 1 is 1.10 bits per heavy atom. The van der Waals surface area contributed by atoms with Crippen LogP contribution in [-0.4, -0.2) is 9.97 Å². The molecule has 0 spiro atoms. The van der Waals surface area contributed by atoms with Crippen LogP contribution in [0.3, 0.4) is 0 Å². The van der Waals surface area contributed by atoms with Gasteiger partial charge in [-0.05, 0) is 34.3 Å². The van der Waals surface area contributed by atoms with E-state index >= 15 is 0 Å². The van der Waals surface area contributed by atoms with Crippen LogP contribution in [0, 0.1) is 6.92 Å². The number of rotatable bonds is 2. The molecule has 0 aliphatic rings. The van der Waals surface area contributed by atoms with E-state index in [1.165, 1.54) is 0 Å². The first-order valence-corrected chi connectivity index (χ1v) is 7.77. The first-order chi connectivity index (χ1) is 9.66. The Balaban J connectivity index is 2.21. The number of aromatic nitrogens is 2. The monoisotopic (exact) mass is 345 g/mol. The second kappa shape index (κ2) is 5.34. The van der Waals surface area contributed by atoms with Crippen LogP contribution in [0.1, 0.15) is 5.56 Å². The molecule has 0 bridgehead atoms. The maximum absolute atomic E-state index is 6.05. The molecule has 20 heavy (non-hydrogen) atoms. The summed E-state index contributed by atoms with van der Waals surface area (Å²) in [7, 11) is 0. The molecule has 0 fully saturated rings. The number of anilines is 1. The fourth-order valence-corrected chi connectivity index (χ4v) is 3.45. The molecule has 0 aliphatic heterocycles. The van der Waals surface area contributed by atoms with Crippen LogP contribution in [0.5, 0.6) is 0 Å². The Morgan fingerprint density at radius 3 is 2.50 bits per heavy atom. The van der Waals surface area contributed by atoms with Gasteiger partial charge in [0.1, 0.15) is 5.82 Å². The average Bonchev–Trinajstić information content (AvgIpc) is 2.89. The van der Waals surface area contributed by atoms with Gasteiger partial charge in [-0.25, -0.2) is 9.97 Å². The fraction of sp³-hybridized carbons (Fsp3) is 0.0667. The normalized spacial score (nSPS) is 10.7. The highest BCUT2D eigenvalue weighted by Crippen LogP contribution is 2.34. The van der Waals surface area contributed by atoms with Gasteiger partial charge in [0.15, 0.2) is 5.82 Å². The first kappa shape index (κ1) is 13.3. The number of nitrogens with two attached hydrogens (primary N) is 1. The quantitative estimate of drug-likeness (QED) is 0.742. The van der Waals surface area contributed by atoms with Crippen LogP contribution in [0.4, 0.5) is 5.82 Å². The molecule has 1 aromatic carbocycles. The molecule has 2 heterocycles. The lowest BCUT2D eigenvalue weighted by Crippen LogP contribution is -2.01. The van der Waals surface area contributed by atoms with Gasteiger partial charge in [0.25, 0.3) is 0 Å². The van der Waals surface area contributed by atoms with Crippen molar-refractivity contribution in [3.8, 4) is 22.0 Å². The lowest BCUT2D eigenvalue weighted by molar-refractivity contribution is 1.16. The van der Waals surface area contributed by atoms with Crippen molar-refractivity contribution in [1.29, 1.82) is 0 Å². The van der Waals surface area contributed by atoms with Crippen molar-refractivity contribution >= 4 is 33.1 Å². The van der Waals surface area contributed by atoms with Crippen LogP contribution >= 0.6 is 27.3 Å². The van der Waals surface area contributed by atoms with Crippen molar-refractivity contribution in [2.24, 2.45) is 0 Å². The molecule has 0 radical (unpaired) electrons. The molecule has 0 amide bonds. The van der Waals surface area contributed by atoms with Gasteiger partial charge in [0, 0.05) is 15.6 Å². The number of nitrogen functional groups attached to an aromatic ring is 1. The Hall–Kier alpha value is -1.72. The molecule has 3 nitrogen and oxygen atoms in total. The number of thiophene rings is 1. The Kier molecular flexibility index (Phi) is 3.54. The van der Waals surface area contributed by atoms with Crippen molar-refractivity contribution in [2.45, 2.75) is 6.92 Å². The van der Waals surface area contributed by atoms with E-state index in [1.54, 1.807) is 11.3 Å². The topological polar surface area (TPSA) is 51.8 Å². The predicted octanol–water partition coefficient (Wildman–Crippen LogP) is 4.53. The van der Waals surface area contributed by atoms with E-state index in [0.717, 1.165) is 26.2 Å². The molecular formula is C15H12BrN3S. The minimum Gasteiger partial charge on any atom is -0.383 e. The maximum atomic E-state index is 6.05. The smallest absolute Gasteiger partial charge is 0.173 e. The van der Waals surface area contributed by atoms with Gasteiger partial charge >= 0.3 is 0 Å². The largest absolute Gasteiger partial charge is 0.383 e. The minimum atomic E-state index is 0.522. The van der Waals surface area contributed by atoms with Gasteiger partial charge < -0.3 is 5.73 Å². The van der Waals surface area contributed by atoms with Gasteiger partial charge in [-0.1, -0.05) is 30.3 Å². The summed E-state index contributed by atoms with van der Waals surface area (Å²) >= 11 is 5.11. The van der Waals surface area contributed by atoms with E-state index in [9.17, 15) is 0 Å². The summed E-state index contributed by atoms with van der Waals surface area (Å²) in [5.41, 5.74) is 8.89. The molecular weight excluding hydrogens is 334 g/mol. The summed E-state index contributed by atoms with van der Waals surface area (Å²) in [6, 6.07) is 12.0. The zero-order chi connectivity index (χ0) is 14.1. The molecule has 2 N–H and O–H groups in total. The molecule has 3 aromatic rings. The van der Waals surface area contributed by atoms with Crippen molar-refractivity contribution < 1.29 is 0 Å². The SMILES string of the molecule is Cc1c(N)nc(-c2sccc2Br)nc1-c1ccccc1. The molecule has 2 aromatic heterocycles. The number of halogens is 1. The highest BCUT2D eigenvalue weighted by atomic mass is 79.9. The summed E-state index contributed by atoms with van der Waals surface area (Å²) in [5, 5.41) is 2.00. The van der Waals surface area contributed by atoms with Crippen LogP contribution in [0.2, 0.25) is 0 Å². The molecule has 0 atom stereocenters.